The van der Waals surface area contributed by atoms with Crippen LogP contribution in [0.4, 0.5) is 15.8 Å². The van der Waals surface area contributed by atoms with Gasteiger partial charge in [0.05, 0.1) is 5.69 Å². The third-order valence-electron chi connectivity index (χ3n) is 3.49. The largest absolute Gasteiger partial charge is 0.374 e. The molecule has 0 aliphatic carbocycles. The van der Waals surface area contributed by atoms with E-state index in [2.05, 4.69) is 24.5 Å². The molecule has 2 aromatic carbocycles. The molecule has 0 fully saturated rings. The van der Waals surface area contributed by atoms with E-state index in [0.717, 1.165) is 5.69 Å². The fourth-order valence-electron chi connectivity index (χ4n) is 2.08. The first kappa shape index (κ1) is 16.0. The summed E-state index contributed by atoms with van der Waals surface area (Å²) in [4.78, 5) is 12.1. The molecule has 1 atom stereocenters. The highest BCUT2D eigenvalue weighted by Crippen LogP contribution is 2.18. The summed E-state index contributed by atoms with van der Waals surface area (Å²) in [5, 5.41) is 5.70. The number of benzene rings is 2. The second kappa shape index (κ2) is 7.07. The second-order valence-corrected chi connectivity index (χ2v) is 5.61. The number of carbonyl (C=O) groups excluding carboxylic acids is 1. The van der Waals surface area contributed by atoms with Crippen LogP contribution in [0.25, 0.3) is 0 Å². The van der Waals surface area contributed by atoms with Crippen LogP contribution in [0.5, 0.6) is 0 Å². The molecule has 0 unspecified atom stereocenters. The maximum atomic E-state index is 13.5. The van der Waals surface area contributed by atoms with Crippen LogP contribution >= 0.6 is 0 Å². The number of carbonyl (C=O) groups is 1. The van der Waals surface area contributed by atoms with E-state index in [1.165, 1.54) is 17.7 Å². The van der Waals surface area contributed by atoms with Gasteiger partial charge in [0.1, 0.15) is 11.9 Å². The molecule has 0 aromatic heterocycles. The van der Waals surface area contributed by atoms with Crippen molar-refractivity contribution in [3.8, 4) is 0 Å². The lowest BCUT2D eigenvalue weighted by Gasteiger charge is -2.16. The Morgan fingerprint density at radius 1 is 1.00 bits per heavy atom. The van der Waals surface area contributed by atoms with E-state index in [1.807, 2.05) is 24.3 Å². The maximum Gasteiger partial charge on any atom is 0.246 e. The fourth-order valence-corrected chi connectivity index (χ4v) is 2.08. The minimum absolute atomic E-state index is 0.191. The van der Waals surface area contributed by atoms with Gasteiger partial charge in [-0.2, -0.15) is 0 Å². The molecule has 3 nitrogen and oxygen atoms in total. The van der Waals surface area contributed by atoms with Crippen molar-refractivity contribution >= 4 is 17.3 Å². The Hall–Kier alpha value is -2.36. The van der Waals surface area contributed by atoms with Crippen molar-refractivity contribution in [1.29, 1.82) is 0 Å². The van der Waals surface area contributed by atoms with Gasteiger partial charge in [0.25, 0.3) is 0 Å². The Morgan fingerprint density at radius 3 is 2.23 bits per heavy atom. The average molecular weight is 300 g/mol. The molecule has 0 aliphatic heterocycles. The van der Waals surface area contributed by atoms with Crippen LogP contribution in [0.3, 0.4) is 0 Å². The van der Waals surface area contributed by atoms with E-state index >= 15 is 0 Å². The lowest BCUT2D eigenvalue weighted by atomic mass is 10.0. The molecule has 0 radical (unpaired) electrons. The molecule has 116 valence electrons. The van der Waals surface area contributed by atoms with Crippen molar-refractivity contribution in [3.63, 3.8) is 0 Å². The fraction of sp³-hybridized carbons (Fsp3) is 0.278. The van der Waals surface area contributed by atoms with Crippen LogP contribution in [-0.4, -0.2) is 11.9 Å². The van der Waals surface area contributed by atoms with Crippen molar-refractivity contribution in [1.82, 2.24) is 0 Å². The molecular formula is C18H21FN2O. The molecule has 0 saturated carbocycles. The summed E-state index contributed by atoms with van der Waals surface area (Å²) in [6.45, 7) is 6.01. The molecule has 0 heterocycles. The van der Waals surface area contributed by atoms with Gasteiger partial charge in [-0.3, -0.25) is 4.79 Å². The number of anilines is 2. The minimum atomic E-state index is -0.468. The van der Waals surface area contributed by atoms with Gasteiger partial charge in [0.15, 0.2) is 0 Å². The molecule has 22 heavy (non-hydrogen) atoms. The zero-order valence-electron chi connectivity index (χ0n) is 13.1. The topological polar surface area (TPSA) is 41.1 Å². The van der Waals surface area contributed by atoms with Crippen LogP contribution in [-0.2, 0) is 4.79 Å². The molecule has 2 rings (SSSR count). The Bertz CT molecular complexity index is 638. The van der Waals surface area contributed by atoms with Crippen molar-refractivity contribution < 1.29 is 9.18 Å². The van der Waals surface area contributed by atoms with Crippen LogP contribution < -0.4 is 10.6 Å². The quantitative estimate of drug-likeness (QED) is 0.860. The standard InChI is InChI=1S/C18H21FN2O/c1-12(2)14-8-10-15(11-9-14)20-13(3)18(22)21-17-7-5-4-6-16(17)19/h4-13,20H,1-3H3,(H,21,22)/t13-/m0/s1. The molecule has 0 aliphatic rings. The number of amides is 1. The average Bonchev–Trinajstić information content (AvgIpc) is 2.50. The molecule has 0 bridgehead atoms. The van der Waals surface area contributed by atoms with E-state index in [-0.39, 0.29) is 11.6 Å². The Labute approximate surface area is 130 Å². The van der Waals surface area contributed by atoms with Crippen molar-refractivity contribution in [2.24, 2.45) is 0 Å². The SMILES string of the molecule is CC(C)c1ccc(N[C@@H](C)C(=O)Nc2ccccc2F)cc1. The van der Waals surface area contributed by atoms with Crippen molar-refractivity contribution in [2.45, 2.75) is 32.7 Å². The number of para-hydroxylation sites is 1. The number of rotatable bonds is 5. The third kappa shape index (κ3) is 4.07. The molecule has 2 aromatic rings. The Kier molecular flexibility index (Phi) is 5.15. The van der Waals surface area contributed by atoms with Gasteiger partial charge >= 0.3 is 0 Å². The zero-order valence-corrected chi connectivity index (χ0v) is 13.1. The van der Waals surface area contributed by atoms with Gasteiger partial charge in [-0.1, -0.05) is 38.1 Å². The second-order valence-electron chi connectivity index (χ2n) is 5.61. The highest BCUT2D eigenvalue weighted by Gasteiger charge is 2.14. The first-order chi connectivity index (χ1) is 10.5. The highest BCUT2D eigenvalue weighted by molar-refractivity contribution is 5.96. The van der Waals surface area contributed by atoms with E-state index in [4.69, 9.17) is 0 Å². The first-order valence-corrected chi connectivity index (χ1v) is 7.39. The summed E-state index contributed by atoms with van der Waals surface area (Å²) >= 11 is 0. The first-order valence-electron chi connectivity index (χ1n) is 7.39. The predicted molar refractivity (Wildman–Crippen MR) is 88.6 cm³/mol. The maximum absolute atomic E-state index is 13.5. The van der Waals surface area contributed by atoms with Gasteiger partial charge in [0, 0.05) is 5.69 Å². The molecule has 2 N–H and O–H groups in total. The third-order valence-corrected chi connectivity index (χ3v) is 3.49. The van der Waals surface area contributed by atoms with E-state index in [9.17, 15) is 9.18 Å². The minimum Gasteiger partial charge on any atom is -0.374 e. The van der Waals surface area contributed by atoms with Gasteiger partial charge in [-0.05, 0) is 42.7 Å². The number of hydrogen-bond donors (Lipinski definition) is 2. The molecule has 1 amide bonds. The summed E-state index contributed by atoms with van der Waals surface area (Å²) in [5.74, 6) is -0.252. The Balaban J connectivity index is 1.98. The molecule has 0 saturated heterocycles. The number of hydrogen-bond acceptors (Lipinski definition) is 2. The van der Waals surface area contributed by atoms with Crippen LogP contribution in [0.15, 0.2) is 48.5 Å². The lowest BCUT2D eigenvalue weighted by Crippen LogP contribution is -2.32. The molecule has 0 spiro atoms. The smallest absolute Gasteiger partial charge is 0.246 e. The molecule has 4 heteroatoms. The summed E-state index contributed by atoms with van der Waals surface area (Å²) < 4.78 is 13.5. The summed E-state index contributed by atoms with van der Waals surface area (Å²) in [6.07, 6.45) is 0. The van der Waals surface area contributed by atoms with Gasteiger partial charge in [-0.25, -0.2) is 4.39 Å². The van der Waals surface area contributed by atoms with Crippen molar-refractivity contribution in [2.75, 3.05) is 10.6 Å². The lowest BCUT2D eigenvalue weighted by molar-refractivity contribution is -0.116. The monoisotopic (exact) mass is 300 g/mol. The zero-order chi connectivity index (χ0) is 16.1. The Morgan fingerprint density at radius 2 is 1.64 bits per heavy atom. The number of nitrogens with one attached hydrogen (secondary N) is 2. The van der Waals surface area contributed by atoms with Gasteiger partial charge in [0.2, 0.25) is 5.91 Å². The van der Waals surface area contributed by atoms with Gasteiger partial charge < -0.3 is 10.6 Å². The van der Waals surface area contributed by atoms with Crippen molar-refractivity contribution in [3.05, 3.63) is 59.9 Å². The van der Waals surface area contributed by atoms with E-state index in [1.54, 1.807) is 19.1 Å². The normalized spacial score (nSPS) is 12.0. The van der Waals surface area contributed by atoms with E-state index < -0.39 is 11.9 Å². The highest BCUT2D eigenvalue weighted by atomic mass is 19.1. The van der Waals surface area contributed by atoms with Crippen LogP contribution in [0, 0.1) is 5.82 Å². The summed E-state index contributed by atoms with van der Waals surface area (Å²) in [6, 6.07) is 13.6. The van der Waals surface area contributed by atoms with Crippen LogP contribution in [0.2, 0.25) is 0 Å². The number of halogens is 1. The summed E-state index contributed by atoms with van der Waals surface area (Å²) in [7, 11) is 0. The molecular weight excluding hydrogens is 279 g/mol. The van der Waals surface area contributed by atoms with Gasteiger partial charge in [-0.15, -0.1) is 0 Å². The summed E-state index contributed by atoms with van der Waals surface area (Å²) in [5.41, 5.74) is 2.30. The van der Waals surface area contributed by atoms with E-state index in [0.29, 0.717) is 5.92 Å². The van der Waals surface area contributed by atoms with Crippen LogP contribution in [0.1, 0.15) is 32.3 Å². The predicted octanol–water partition coefficient (Wildman–Crippen LogP) is 4.39.